The van der Waals surface area contributed by atoms with Gasteiger partial charge >= 0.3 is 6.61 Å². The Morgan fingerprint density at radius 1 is 0.706 bits per heavy atom. The van der Waals surface area contributed by atoms with Crippen LogP contribution in [0.1, 0.15) is 50.7 Å². The van der Waals surface area contributed by atoms with E-state index in [-0.39, 0.29) is 5.75 Å². The molecular weight excluding hydrogens is 426 g/mol. The van der Waals surface area contributed by atoms with Crippen molar-refractivity contribution in [1.82, 2.24) is 0 Å². The molecule has 34 heavy (non-hydrogen) atoms. The Morgan fingerprint density at radius 2 is 1.29 bits per heavy atom. The molecule has 0 aromatic heterocycles. The lowest BCUT2D eigenvalue weighted by Crippen LogP contribution is -2.01. The van der Waals surface area contributed by atoms with Crippen LogP contribution in [0.15, 0.2) is 78.9 Å². The van der Waals surface area contributed by atoms with Crippen molar-refractivity contribution in [2.75, 3.05) is 0 Å². The molecule has 0 N–H and O–H groups in total. The van der Waals surface area contributed by atoms with Crippen LogP contribution < -0.4 is 4.74 Å². The highest BCUT2D eigenvalue weighted by atomic mass is 19.3. The molecule has 0 heterocycles. The van der Waals surface area contributed by atoms with E-state index in [0.29, 0.717) is 0 Å². The van der Waals surface area contributed by atoms with Crippen LogP contribution in [-0.2, 0) is 12.8 Å². The lowest BCUT2D eigenvalue weighted by Gasteiger charge is -2.19. The molecule has 4 aromatic rings. The Labute approximate surface area is 201 Å². The predicted octanol–water partition coefficient (Wildman–Crippen LogP) is 9.46. The molecule has 0 aliphatic rings. The molecule has 0 saturated carbocycles. The monoisotopic (exact) mass is 458 g/mol. The zero-order valence-electron chi connectivity index (χ0n) is 20.0. The van der Waals surface area contributed by atoms with Crippen molar-refractivity contribution >= 4 is 10.8 Å². The summed E-state index contributed by atoms with van der Waals surface area (Å²) in [5.74, 6) is 0.174. The summed E-state index contributed by atoms with van der Waals surface area (Å²) >= 11 is 0. The smallest absolute Gasteiger partial charge is 0.387 e. The summed E-state index contributed by atoms with van der Waals surface area (Å²) in [6.45, 7) is 1.68. The Kier molecular flexibility index (Phi) is 7.95. The van der Waals surface area contributed by atoms with Crippen molar-refractivity contribution in [2.24, 2.45) is 0 Å². The quantitative estimate of drug-likeness (QED) is 0.230. The molecule has 0 fully saturated rings. The maximum absolute atomic E-state index is 12.4. The first-order valence-corrected chi connectivity index (χ1v) is 12.3. The van der Waals surface area contributed by atoms with Gasteiger partial charge in [-0.25, -0.2) is 0 Å². The minimum absolute atomic E-state index is 0.174. The molecule has 3 heteroatoms. The fourth-order valence-electron chi connectivity index (χ4n) is 4.68. The van der Waals surface area contributed by atoms with Crippen molar-refractivity contribution in [3.8, 4) is 28.0 Å². The Bertz CT molecular complexity index is 1210. The average molecular weight is 459 g/mol. The Balaban J connectivity index is 1.75. The zero-order chi connectivity index (χ0) is 23.9. The van der Waals surface area contributed by atoms with Crippen LogP contribution in [0, 0.1) is 0 Å². The third kappa shape index (κ3) is 5.47. The van der Waals surface area contributed by atoms with E-state index in [4.69, 9.17) is 0 Å². The van der Waals surface area contributed by atoms with Crippen molar-refractivity contribution in [2.45, 2.75) is 59.0 Å². The van der Waals surface area contributed by atoms with Crippen LogP contribution in [0.25, 0.3) is 33.0 Å². The second-order valence-corrected chi connectivity index (χ2v) is 8.80. The molecule has 176 valence electrons. The molecule has 0 amide bonds. The minimum Gasteiger partial charge on any atom is -0.435 e. The fraction of sp³-hybridized carbons (Fsp3) is 0.290. The molecule has 0 bridgehead atoms. The molecule has 0 atom stereocenters. The number of benzene rings is 4. The molecule has 4 aromatic carbocycles. The van der Waals surface area contributed by atoms with Gasteiger partial charge in [-0.2, -0.15) is 8.78 Å². The third-order valence-corrected chi connectivity index (χ3v) is 6.40. The molecule has 0 aliphatic heterocycles. The van der Waals surface area contributed by atoms with Gasteiger partial charge in [0.25, 0.3) is 0 Å². The standard InChI is InChI=1S/C31H32F2O/c1-3-5-9-26-21-25-10-7-8-12-28(25)29(11-6-4-2)30(26)24-15-13-22(14-16-24)23-17-19-27(20-18-23)34-31(32)33/h7-8,10,12-21,31H,3-6,9,11H2,1-2H3. The number of fused-ring (bicyclic) bond motifs is 1. The summed E-state index contributed by atoms with van der Waals surface area (Å²) in [5.41, 5.74) is 7.53. The fourth-order valence-corrected chi connectivity index (χ4v) is 4.68. The van der Waals surface area contributed by atoms with Gasteiger partial charge in [0.05, 0.1) is 0 Å². The van der Waals surface area contributed by atoms with Gasteiger partial charge in [-0.15, -0.1) is 0 Å². The number of halogens is 2. The van der Waals surface area contributed by atoms with Crippen molar-refractivity contribution in [1.29, 1.82) is 0 Å². The Morgan fingerprint density at radius 3 is 1.94 bits per heavy atom. The minimum atomic E-state index is -2.81. The highest BCUT2D eigenvalue weighted by Gasteiger charge is 2.15. The van der Waals surface area contributed by atoms with Gasteiger partial charge in [0, 0.05) is 0 Å². The van der Waals surface area contributed by atoms with Crippen molar-refractivity contribution in [3.05, 3.63) is 90.0 Å². The van der Waals surface area contributed by atoms with Gasteiger partial charge in [0.15, 0.2) is 0 Å². The van der Waals surface area contributed by atoms with E-state index in [1.165, 1.54) is 52.3 Å². The molecule has 4 rings (SSSR count). The van der Waals surface area contributed by atoms with Crippen LogP contribution in [0.2, 0.25) is 0 Å². The topological polar surface area (TPSA) is 9.23 Å². The second-order valence-electron chi connectivity index (χ2n) is 8.80. The molecule has 0 unspecified atom stereocenters. The second kappa shape index (κ2) is 11.3. The Hall–Kier alpha value is -3.20. The van der Waals surface area contributed by atoms with E-state index >= 15 is 0 Å². The van der Waals surface area contributed by atoms with E-state index < -0.39 is 6.61 Å². The summed E-state index contributed by atoms with van der Waals surface area (Å²) < 4.78 is 29.4. The van der Waals surface area contributed by atoms with Crippen LogP contribution >= 0.6 is 0 Å². The summed E-state index contributed by atoms with van der Waals surface area (Å²) in [7, 11) is 0. The largest absolute Gasteiger partial charge is 0.435 e. The maximum atomic E-state index is 12.4. The molecule has 0 radical (unpaired) electrons. The lowest BCUT2D eigenvalue weighted by molar-refractivity contribution is -0.0498. The van der Waals surface area contributed by atoms with E-state index in [2.05, 4.69) is 73.2 Å². The number of alkyl halides is 2. The molecule has 1 nitrogen and oxygen atoms in total. The van der Waals surface area contributed by atoms with E-state index in [9.17, 15) is 8.78 Å². The first-order valence-electron chi connectivity index (χ1n) is 12.3. The summed E-state index contributed by atoms with van der Waals surface area (Å²) in [6, 6.07) is 26.6. The highest BCUT2D eigenvalue weighted by molar-refractivity contribution is 5.94. The zero-order valence-corrected chi connectivity index (χ0v) is 20.0. The maximum Gasteiger partial charge on any atom is 0.387 e. The van der Waals surface area contributed by atoms with Gasteiger partial charge in [-0.1, -0.05) is 93.4 Å². The number of hydrogen-bond donors (Lipinski definition) is 0. The van der Waals surface area contributed by atoms with Crippen molar-refractivity contribution in [3.63, 3.8) is 0 Å². The first-order chi connectivity index (χ1) is 16.6. The van der Waals surface area contributed by atoms with Gasteiger partial charge < -0.3 is 4.74 Å². The summed E-state index contributed by atoms with van der Waals surface area (Å²) in [6.07, 6.45) is 6.81. The summed E-state index contributed by atoms with van der Waals surface area (Å²) in [4.78, 5) is 0. The highest BCUT2D eigenvalue weighted by Crippen LogP contribution is 2.37. The molecule has 0 spiro atoms. The molecule has 0 saturated heterocycles. The molecular formula is C31H32F2O. The summed E-state index contributed by atoms with van der Waals surface area (Å²) in [5, 5.41) is 2.68. The van der Waals surface area contributed by atoms with Gasteiger partial charge in [0.2, 0.25) is 0 Å². The van der Waals surface area contributed by atoms with Crippen molar-refractivity contribution < 1.29 is 13.5 Å². The van der Waals surface area contributed by atoms with Gasteiger partial charge in [-0.05, 0) is 82.0 Å². The van der Waals surface area contributed by atoms with Crippen LogP contribution in [0.4, 0.5) is 8.78 Å². The lowest BCUT2D eigenvalue weighted by atomic mass is 9.85. The van der Waals surface area contributed by atoms with Crippen LogP contribution in [0.3, 0.4) is 0 Å². The number of ether oxygens (including phenoxy) is 1. The van der Waals surface area contributed by atoms with Gasteiger partial charge in [-0.3, -0.25) is 0 Å². The number of aryl methyl sites for hydroxylation is 2. The van der Waals surface area contributed by atoms with E-state index in [1.54, 1.807) is 12.1 Å². The van der Waals surface area contributed by atoms with Crippen LogP contribution in [0.5, 0.6) is 5.75 Å². The number of hydrogen-bond acceptors (Lipinski definition) is 1. The average Bonchev–Trinajstić information content (AvgIpc) is 2.86. The van der Waals surface area contributed by atoms with E-state index in [0.717, 1.165) is 30.4 Å². The normalized spacial score (nSPS) is 11.3. The SMILES string of the molecule is CCCCc1cc2ccccc2c(CCCC)c1-c1ccc(-c2ccc(OC(F)F)cc2)cc1. The third-order valence-electron chi connectivity index (χ3n) is 6.40. The predicted molar refractivity (Wildman–Crippen MR) is 139 cm³/mol. The first kappa shape index (κ1) is 23.9. The van der Waals surface area contributed by atoms with Gasteiger partial charge in [0.1, 0.15) is 5.75 Å². The van der Waals surface area contributed by atoms with E-state index in [1.807, 2.05) is 12.1 Å². The number of unbranched alkanes of at least 4 members (excludes halogenated alkanes) is 2. The number of rotatable bonds is 10. The van der Waals surface area contributed by atoms with Crippen LogP contribution in [-0.4, -0.2) is 6.61 Å². The molecule has 0 aliphatic carbocycles.